The Bertz CT molecular complexity index is 886. The molecule has 3 nitrogen and oxygen atoms in total. The number of nitrogens with zero attached hydrogens (tertiary/aromatic N) is 1. The average Bonchev–Trinajstić information content (AvgIpc) is 2.59. The van der Waals surface area contributed by atoms with Gasteiger partial charge < -0.3 is 14.4 Å². The van der Waals surface area contributed by atoms with Crippen LogP contribution in [0.2, 0.25) is 0 Å². The maximum Gasteiger partial charge on any atom is 0.416 e. The highest BCUT2D eigenvalue weighted by Crippen LogP contribution is 2.42. The van der Waals surface area contributed by atoms with Crippen molar-refractivity contribution in [3.05, 3.63) is 65.2 Å². The maximum absolute atomic E-state index is 13.1. The number of alkyl halides is 3. The van der Waals surface area contributed by atoms with Gasteiger partial charge in [0.1, 0.15) is 23.7 Å². The van der Waals surface area contributed by atoms with Crippen LogP contribution in [0.4, 0.5) is 13.2 Å². The van der Waals surface area contributed by atoms with E-state index in [0.717, 1.165) is 23.7 Å². The topological polar surface area (TPSA) is 21.7 Å². The zero-order chi connectivity index (χ0) is 20.5. The quantitative estimate of drug-likeness (QED) is 0.695. The van der Waals surface area contributed by atoms with Crippen LogP contribution in [0.25, 0.3) is 5.57 Å². The second-order valence-electron chi connectivity index (χ2n) is 7.65. The summed E-state index contributed by atoms with van der Waals surface area (Å²) in [5.41, 5.74) is 0.656. The first-order valence-electron chi connectivity index (χ1n) is 9.07. The molecule has 1 heterocycles. The molecule has 1 aliphatic heterocycles. The highest BCUT2D eigenvalue weighted by Gasteiger charge is 2.32. The summed E-state index contributed by atoms with van der Waals surface area (Å²) in [6, 6.07) is 10.8. The molecule has 0 radical (unpaired) electrons. The Morgan fingerprint density at radius 2 is 1.82 bits per heavy atom. The summed E-state index contributed by atoms with van der Waals surface area (Å²) in [6.07, 6.45) is -2.53. The van der Waals surface area contributed by atoms with Crippen LogP contribution in [-0.4, -0.2) is 37.7 Å². The van der Waals surface area contributed by atoms with E-state index in [4.69, 9.17) is 9.47 Å². The number of likely N-dealkylation sites (N-methyl/N-ethyl adjacent to an activating group) is 1. The lowest BCUT2D eigenvalue weighted by atomic mass is 9.89. The van der Waals surface area contributed by atoms with Gasteiger partial charge in [-0.1, -0.05) is 12.1 Å². The smallest absolute Gasteiger partial charge is 0.416 e. The molecule has 6 heteroatoms. The predicted molar refractivity (Wildman–Crippen MR) is 104 cm³/mol. The third-order valence-corrected chi connectivity index (χ3v) is 4.42. The summed E-state index contributed by atoms with van der Waals surface area (Å²) in [5, 5.41) is 0. The van der Waals surface area contributed by atoms with Gasteiger partial charge in [-0.15, -0.1) is 0 Å². The number of ether oxygens (including phenoxy) is 2. The molecule has 0 aliphatic carbocycles. The van der Waals surface area contributed by atoms with Gasteiger partial charge in [0.25, 0.3) is 0 Å². The van der Waals surface area contributed by atoms with Gasteiger partial charge in [0, 0.05) is 18.2 Å². The minimum absolute atomic E-state index is 0.508. The SMILES string of the molecule is CN(C)CCOc1ccc2c(c1)OC(C)(C)C=C2c1cccc(C(F)(F)F)c1. The van der Waals surface area contributed by atoms with E-state index >= 15 is 0 Å². The first kappa shape index (κ1) is 20.3. The fraction of sp³-hybridized carbons (Fsp3) is 0.364. The van der Waals surface area contributed by atoms with E-state index in [1.807, 2.05) is 51.1 Å². The highest BCUT2D eigenvalue weighted by molar-refractivity contribution is 5.85. The van der Waals surface area contributed by atoms with Crippen molar-refractivity contribution in [2.75, 3.05) is 27.2 Å². The molecule has 0 fully saturated rings. The van der Waals surface area contributed by atoms with Crippen LogP contribution in [0.1, 0.15) is 30.5 Å². The Balaban J connectivity index is 1.97. The van der Waals surface area contributed by atoms with Crippen molar-refractivity contribution in [2.45, 2.75) is 25.6 Å². The van der Waals surface area contributed by atoms with E-state index < -0.39 is 17.3 Å². The van der Waals surface area contributed by atoms with Crippen molar-refractivity contribution in [2.24, 2.45) is 0 Å². The maximum atomic E-state index is 13.1. The highest BCUT2D eigenvalue weighted by atomic mass is 19.4. The van der Waals surface area contributed by atoms with Crippen molar-refractivity contribution in [1.29, 1.82) is 0 Å². The molecule has 0 spiro atoms. The van der Waals surface area contributed by atoms with Gasteiger partial charge in [-0.05, 0) is 69.4 Å². The molecule has 2 aromatic carbocycles. The number of rotatable bonds is 5. The largest absolute Gasteiger partial charge is 0.492 e. The summed E-state index contributed by atoms with van der Waals surface area (Å²) in [4.78, 5) is 2.02. The zero-order valence-corrected chi connectivity index (χ0v) is 16.4. The van der Waals surface area contributed by atoms with Crippen LogP contribution in [0, 0.1) is 0 Å². The second-order valence-corrected chi connectivity index (χ2v) is 7.65. The Labute approximate surface area is 163 Å². The normalized spacial score (nSPS) is 15.6. The van der Waals surface area contributed by atoms with Crippen LogP contribution in [0.5, 0.6) is 11.5 Å². The third-order valence-electron chi connectivity index (χ3n) is 4.42. The molecule has 0 N–H and O–H groups in total. The van der Waals surface area contributed by atoms with Crippen molar-refractivity contribution in [1.82, 2.24) is 4.90 Å². The van der Waals surface area contributed by atoms with Crippen LogP contribution in [0.3, 0.4) is 0 Å². The van der Waals surface area contributed by atoms with Crippen LogP contribution in [0.15, 0.2) is 48.5 Å². The summed E-state index contributed by atoms with van der Waals surface area (Å²) in [7, 11) is 3.93. The van der Waals surface area contributed by atoms with E-state index in [-0.39, 0.29) is 0 Å². The number of hydrogen-bond acceptors (Lipinski definition) is 3. The minimum Gasteiger partial charge on any atom is -0.492 e. The third kappa shape index (κ3) is 4.68. The molecule has 0 bridgehead atoms. The van der Waals surface area contributed by atoms with Gasteiger partial charge in [-0.25, -0.2) is 0 Å². The summed E-state index contributed by atoms with van der Waals surface area (Å²) < 4.78 is 51.3. The lowest BCUT2D eigenvalue weighted by Gasteiger charge is -2.31. The molecular weight excluding hydrogens is 367 g/mol. The Hall–Kier alpha value is -2.47. The molecule has 0 unspecified atom stereocenters. The summed E-state index contributed by atoms with van der Waals surface area (Å²) in [6.45, 7) is 5.07. The van der Waals surface area contributed by atoms with E-state index in [2.05, 4.69) is 0 Å². The average molecular weight is 391 g/mol. The summed E-state index contributed by atoms with van der Waals surface area (Å²) in [5.74, 6) is 1.27. The molecular formula is C22H24F3NO2. The molecule has 0 amide bonds. The van der Waals surface area contributed by atoms with Gasteiger partial charge >= 0.3 is 6.18 Å². The molecule has 1 aliphatic rings. The second kappa shape index (κ2) is 7.51. The first-order valence-corrected chi connectivity index (χ1v) is 9.07. The Kier molecular flexibility index (Phi) is 5.44. The lowest BCUT2D eigenvalue weighted by Crippen LogP contribution is -2.29. The predicted octanol–water partition coefficient (Wildman–Crippen LogP) is 5.25. The van der Waals surface area contributed by atoms with Gasteiger partial charge in [-0.3, -0.25) is 0 Å². The van der Waals surface area contributed by atoms with Gasteiger partial charge in [0.05, 0.1) is 5.56 Å². The monoisotopic (exact) mass is 391 g/mol. The molecule has 0 aromatic heterocycles. The molecule has 2 aromatic rings. The van der Waals surface area contributed by atoms with Crippen molar-refractivity contribution in [3.63, 3.8) is 0 Å². The molecule has 28 heavy (non-hydrogen) atoms. The molecule has 150 valence electrons. The molecule has 0 saturated carbocycles. The number of hydrogen-bond donors (Lipinski definition) is 0. The Morgan fingerprint density at radius 1 is 1.07 bits per heavy atom. The number of benzene rings is 2. The number of fused-ring (bicyclic) bond motifs is 1. The van der Waals surface area contributed by atoms with Gasteiger partial charge in [-0.2, -0.15) is 13.2 Å². The Morgan fingerprint density at radius 3 is 2.50 bits per heavy atom. The molecule has 3 rings (SSSR count). The van der Waals surface area contributed by atoms with E-state index in [0.29, 0.717) is 23.7 Å². The zero-order valence-electron chi connectivity index (χ0n) is 16.4. The van der Waals surface area contributed by atoms with Crippen LogP contribution >= 0.6 is 0 Å². The van der Waals surface area contributed by atoms with Crippen LogP contribution in [-0.2, 0) is 6.18 Å². The fourth-order valence-electron chi connectivity index (χ4n) is 3.09. The van der Waals surface area contributed by atoms with Gasteiger partial charge in [0.15, 0.2) is 0 Å². The first-order chi connectivity index (χ1) is 13.0. The van der Waals surface area contributed by atoms with Crippen molar-refractivity contribution in [3.8, 4) is 11.5 Å². The van der Waals surface area contributed by atoms with E-state index in [1.165, 1.54) is 12.1 Å². The van der Waals surface area contributed by atoms with Crippen molar-refractivity contribution < 1.29 is 22.6 Å². The van der Waals surface area contributed by atoms with Gasteiger partial charge in [0.2, 0.25) is 0 Å². The minimum atomic E-state index is -4.38. The summed E-state index contributed by atoms with van der Waals surface area (Å²) >= 11 is 0. The van der Waals surface area contributed by atoms with Crippen LogP contribution < -0.4 is 9.47 Å². The van der Waals surface area contributed by atoms with E-state index in [9.17, 15) is 13.2 Å². The lowest BCUT2D eigenvalue weighted by molar-refractivity contribution is -0.137. The van der Waals surface area contributed by atoms with E-state index in [1.54, 1.807) is 12.1 Å². The molecule has 0 atom stereocenters. The fourth-order valence-corrected chi connectivity index (χ4v) is 3.09. The number of halogens is 3. The standard InChI is InChI=1S/C22H24F3NO2/c1-21(2)14-19(15-6-5-7-16(12-15)22(23,24)25)18-9-8-17(13-20(18)28-21)27-11-10-26(3)4/h5-9,12-14H,10-11H2,1-4H3. The van der Waals surface area contributed by atoms with Crippen molar-refractivity contribution >= 4 is 5.57 Å². The molecule has 0 saturated heterocycles.